The minimum Gasteiger partial charge on any atom is -0.352 e. The van der Waals surface area contributed by atoms with Gasteiger partial charge in [-0.2, -0.15) is 0 Å². The Balaban J connectivity index is 0.00000176. The number of benzene rings is 1. The van der Waals surface area contributed by atoms with Crippen LogP contribution in [0.3, 0.4) is 0 Å². The van der Waals surface area contributed by atoms with Gasteiger partial charge in [0.05, 0.1) is 5.41 Å². The van der Waals surface area contributed by atoms with Crippen LogP contribution in [-0.4, -0.2) is 18.5 Å². The largest absolute Gasteiger partial charge is 0.352 e. The van der Waals surface area contributed by atoms with Crippen LogP contribution < -0.4 is 11.1 Å². The molecule has 2 saturated carbocycles. The SMILES string of the molecule is Cl.NCC1CCCC1NC(=O)C1(c2cccc(F)c2)CCC1. The Kier molecular flexibility index (Phi) is 5.45. The van der Waals surface area contributed by atoms with E-state index >= 15 is 0 Å². The lowest BCUT2D eigenvalue weighted by Crippen LogP contribution is -2.53. The Bertz CT molecular complexity index is 533. The molecule has 0 saturated heterocycles. The summed E-state index contributed by atoms with van der Waals surface area (Å²) < 4.78 is 13.5. The van der Waals surface area contributed by atoms with E-state index in [0.717, 1.165) is 44.1 Å². The van der Waals surface area contributed by atoms with Crippen molar-refractivity contribution in [2.24, 2.45) is 11.7 Å². The maximum absolute atomic E-state index is 13.5. The number of rotatable bonds is 4. The standard InChI is InChI=1S/C17H23FN2O.ClH/c18-14-6-2-5-13(10-14)17(8-3-9-17)16(21)20-15-7-1-4-12(15)11-19;/h2,5-6,10,12,15H,1,3-4,7-9,11,19H2,(H,20,21);1H. The highest BCUT2D eigenvalue weighted by Crippen LogP contribution is 2.44. The number of carbonyl (C=O) groups is 1. The quantitative estimate of drug-likeness (QED) is 0.894. The maximum Gasteiger partial charge on any atom is 0.230 e. The molecular formula is C17H24ClFN2O. The second kappa shape index (κ2) is 6.97. The van der Waals surface area contributed by atoms with Crippen LogP contribution in [-0.2, 0) is 10.2 Å². The summed E-state index contributed by atoms with van der Waals surface area (Å²) >= 11 is 0. The lowest BCUT2D eigenvalue weighted by Gasteiger charge is -2.42. The van der Waals surface area contributed by atoms with E-state index in [1.165, 1.54) is 12.1 Å². The van der Waals surface area contributed by atoms with Crippen LogP contribution in [0.15, 0.2) is 24.3 Å². The zero-order valence-corrected chi connectivity index (χ0v) is 13.5. The second-order valence-corrected chi connectivity index (χ2v) is 6.45. The molecule has 1 aromatic carbocycles. The molecule has 3 nitrogen and oxygen atoms in total. The van der Waals surface area contributed by atoms with Gasteiger partial charge in [-0.15, -0.1) is 12.4 Å². The van der Waals surface area contributed by atoms with E-state index in [0.29, 0.717) is 12.5 Å². The summed E-state index contributed by atoms with van der Waals surface area (Å²) in [5.74, 6) is 0.176. The predicted octanol–water partition coefficient (Wildman–Crippen LogP) is 2.91. The molecule has 22 heavy (non-hydrogen) atoms. The van der Waals surface area contributed by atoms with Gasteiger partial charge in [0.15, 0.2) is 0 Å². The first-order valence-corrected chi connectivity index (χ1v) is 7.93. The van der Waals surface area contributed by atoms with E-state index < -0.39 is 5.41 Å². The van der Waals surface area contributed by atoms with Crippen LogP contribution >= 0.6 is 12.4 Å². The fourth-order valence-corrected chi connectivity index (χ4v) is 3.78. The van der Waals surface area contributed by atoms with Crippen molar-refractivity contribution in [2.75, 3.05) is 6.54 Å². The number of amides is 1. The molecule has 2 atom stereocenters. The monoisotopic (exact) mass is 326 g/mol. The first kappa shape index (κ1) is 17.2. The smallest absolute Gasteiger partial charge is 0.230 e. The Morgan fingerprint density at radius 1 is 1.32 bits per heavy atom. The normalized spacial score (nSPS) is 25.9. The molecule has 5 heteroatoms. The summed E-state index contributed by atoms with van der Waals surface area (Å²) in [7, 11) is 0. The minimum atomic E-state index is -0.524. The fourth-order valence-electron chi connectivity index (χ4n) is 3.78. The van der Waals surface area contributed by atoms with Crippen LogP contribution in [0.5, 0.6) is 0 Å². The van der Waals surface area contributed by atoms with E-state index in [2.05, 4.69) is 5.32 Å². The van der Waals surface area contributed by atoms with Crippen LogP contribution in [0.2, 0.25) is 0 Å². The van der Waals surface area contributed by atoms with Crippen LogP contribution in [0, 0.1) is 11.7 Å². The number of hydrogen-bond acceptors (Lipinski definition) is 2. The molecule has 0 heterocycles. The third kappa shape index (κ3) is 2.99. The molecule has 2 fully saturated rings. The van der Waals surface area contributed by atoms with Gasteiger partial charge in [-0.3, -0.25) is 4.79 Å². The molecule has 3 N–H and O–H groups in total. The van der Waals surface area contributed by atoms with E-state index in [1.54, 1.807) is 6.07 Å². The van der Waals surface area contributed by atoms with Crippen molar-refractivity contribution >= 4 is 18.3 Å². The summed E-state index contributed by atoms with van der Waals surface area (Å²) in [5.41, 5.74) is 6.08. The van der Waals surface area contributed by atoms with Gasteiger partial charge in [-0.05, 0) is 55.8 Å². The van der Waals surface area contributed by atoms with E-state index in [-0.39, 0.29) is 30.2 Å². The summed E-state index contributed by atoms with van der Waals surface area (Å²) in [6.07, 6.45) is 5.86. The molecule has 2 aliphatic rings. The fraction of sp³-hybridized carbons (Fsp3) is 0.588. The van der Waals surface area contributed by atoms with Crippen molar-refractivity contribution in [3.05, 3.63) is 35.6 Å². The Morgan fingerprint density at radius 3 is 2.68 bits per heavy atom. The van der Waals surface area contributed by atoms with E-state index in [1.807, 2.05) is 6.07 Å². The summed E-state index contributed by atoms with van der Waals surface area (Å²) in [6, 6.07) is 6.68. The molecule has 2 unspecified atom stereocenters. The molecular weight excluding hydrogens is 303 g/mol. The van der Waals surface area contributed by atoms with Gasteiger partial charge in [0.25, 0.3) is 0 Å². The number of hydrogen-bond donors (Lipinski definition) is 2. The van der Waals surface area contributed by atoms with E-state index in [9.17, 15) is 9.18 Å². The van der Waals surface area contributed by atoms with Crippen LogP contribution in [0.4, 0.5) is 4.39 Å². The highest BCUT2D eigenvalue weighted by atomic mass is 35.5. The molecule has 1 aromatic rings. The van der Waals surface area contributed by atoms with Crippen molar-refractivity contribution in [2.45, 2.75) is 50.0 Å². The van der Waals surface area contributed by atoms with Gasteiger partial charge in [0, 0.05) is 6.04 Å². The first-order valence-electron chi connectivity index (χ1n) is 7.93. The molecule has 0 aliphatic heterocycles. The molecule has 0 bridgehead atoms. The van der Waals surface area contributed by atoms with Crippen molar-refractivity contribution in [1.82, 2.24) is 5.32 Å². The average molecular weight is 327 g/mol. The van der Waals surface area contributed by atoms with E-state index in [4.69, 9.17) is 5.73 Å². The Morgan fingerprint density at radius 2 is 2.09 bits per heavy atom. The molecule has 0 spiro atoms. The van der Waals surface area contributed by atoms with Crippen molar-refractivity contribution in [3.63, 3.8) is 0 Å². The third-order valence-electron chi connectivity index (χ3n) is 5.30. The lowest BCUT2D eigenvalue weighted by atomic mass is 9.63. The highest BCUT2D eigenvalue weighted by Gasteiger charge is 2.46. The number of nitrogens with one attached hydrogen (secondary N) is 1. The first-order chi connectivity index (χ1) is 10.2. The summed E-state index contributed by atoms with van der Waals surface area (Å²) in [5, 5.41) is 3.20. The maximum atomic E-state index is 13.5. The topological polar surface area (TPSA) is 55.1 Å². The average Bonchev–Trinajstić information content (AvgIpc) is 2.84. The Hall–Kier alpha value is -1.13. The van der Waals surface area contributed by atoms with Gasteiger partial charge < -0.3 is 11.1 Å². The van der Waals surface area contributed by atoms with Gasteiger partial charge in [0.2, 0.25) is 5.91 Å². The minimum absolute atomic E-state index is 0. The van der Waals surface area contributed by atoms with Gasteiger partial charge in [0.1, 0.15) is 5.82 Å². The van der Waals surface area contributed by atoms with Crippen molar-refractivity contribution in [3.8, 4) is 0 Å². The Labute approximate surface area is 137 Å². The molecule has 122 valence electrons. The number of carbonyl (C=O) groups excluding carboxylic acids is 1. The van der Waals surface area contributed by atoms with Crippen LogP contribution in [0.1, 0.15) is 44.1 Å². The highest BCUT2D eigenvalue weighted by molar-refractivity contribution is 5.89. The molecule has 0 radical (unpaired) electrons. The molecule has 0 aromatic heterocycles. The summed E-state index contributed by atoms with van der Waals surface area (Å²) in [4.78, 5) is 12.8. The molecule has 2 aliphatic carbocycles. The van der Waals surface area contributed by atoms with Gasteiger partial charge in [-0.1, -0.05) is 25.0 Å². The van der Waals surface area contributed by atoms with Crippen molar-refractivity contribution < 1.29 is 9.18 Å². The molecule has 1 amide bonds. The molecule has 3 rings (SSSR count). The second-order valence-electron chi connectivity index (χ2n) is 6.45. The number of halogens is 2. The van der Waals surface area contributed by atoms with Crippen molar-refractivity contribution in [1.29, 1.82) is 0 Å². The predicted molar refractivity (Wildman–Crippen MR) is 87.5 cm³/mol. The van der Waals surface area contributed by atoms with Gasteiger partial charge >= 0.3 is 0 Å². The van der Waals surface area contributed by atoms with Crippen LogP contribution in [0.25, 0.3) is 0 Å². The zero-order chi connectivity index (χ0) is 14.9. The summed E-state index contributed by atoms with van der Waals surface area (Å²) in [6.45, 7) is 0.623. The number of nitrogens with two attached hydrogens (primary N) is 1. The lowest BCUT2D eigenvalue weighted by molar-refractivity contribution is -0.130. The van der Waals surface area contributed by atoms with Gasteiger partial charge in [-0.25, -0.2) is 4.39 Å². The third-order valence-corrected chi connectivity index (χ3v) is 5.30. The zero-order valence-electron chi connectivity index (χ0n) is 12.7.